The first-order valence-corrected chi connectivity index (χ1v) is 17.1. The maximum atomic E-state index is 13.5. The Kier molecular flexibility index (Phi) is 21.2. The van der Waals surface area contributed by atoms with E-state index in [0.717, 1.165) is 6.92 Å². The Balaban J connectivity index is 6.08. The predicted octanol–water partition coefficient (Wildman–Crippen LogP) is -3.89. The average molecular weight is 789 g/mol. The lowest BCUT2D eigenvalue weighted by atomic mass is 10.00. The van der Waals surface area contributed by atoms with Gasteiger partial charge in [-0.3, -0.25) is 47.9 Å². The number of hydrogen-bond acceptors (Lipinski definition) is 12. The van der Waals surface area contributed by atoms with Gasteiger partial charge in [0.1, 0.15) is 36.3 Å². The highest BCUT2D eigenvalue weighted by Gasteiger charge is 2.35. The molecule has 0 aromatic rings. The number of carboxylic acids is 4. The second-order valence-electron chi connectivity index (χ2n) is 13.4. The molecule has 0 aliphatic carbocycles. The summed E-state index contributed by atoms with van der Waals surface area (Å²) in [7, 11) is 0. The molecule has 23 nitrogen and oxygen atoms in total. The summed E-state index contributed by atoms with van der Waals surface area (Å²) in [5, 5.41) is 49.8. The van der Waals surface area contributed by atoms with Crippen molar-refractivity contribution in [3.8, 4) is 0 Å². The first-order valence-electron chi connectivity index (χ1n) is 17.1. The van der Waals surface area contributed by atoms with Gasteiger partial charge in [0.25, 0.3) is 0 Å². The fraction of sp³-hybridized carbons (Fsp3) is 0.656. The van der Waals surface area contributed by atoms with Gasteiger partial charge >= 0.3 is 23.9 Å². The highest BCUT2D eigenvalue weighted by molar-refractivity contribution is 5.99. The fourth-order valence-electron chi connectivity index (χ4n) is 4.71. The summed E-state index contributed by atoms with van der Waals surface area (Å²) in [6.07, 6.45) is -3.68. The van der Waals surface area contributed by atoms with Crippen LogP contribution in [0.4, 0.5) is 0 Å². The van der Waals surface area contributed by atoms with Crippen LogP contribution < -0.4 is 43.4 Å². The normalized spacial score (nSPS) is 14.8. The molecule has 0 aliphatic heterocycles. The SMILES string of the molecule is CC(C)C[C@H](NC(=O)[C@H](CC(N)=O)NC(=O)[C@@H](NC(=O)[C@@H](N)CCC(=O)O)C(C)C)C(=O)N[C@@H](CC(=O)O)C(=O)N[C@@H](C)C(=O)N[C@@H](CCC(=O)O)C(=O)O. The van der Waals surface area contributed by atoms with E-state index < -0.39 is 146 Å². The molecule has 0 spiro atoms. The molecule has 7 atom stereocenters. The van der Waals surface area contributed by atoms with Gasteiger partial charge in [-0.15, -0.1) is 0 Å². The monoisotopic (exact) mass is 788 g/mol. The molecule has 0 aromatic heterocycles. The fourth-order valence-corrected chi connectivity index (χ4v) is 4.71. The van der Waals surface area contributed by atoms with Gasteiger partial charge in [0.15, 0.2) is 0 Å². The molecule has 23 heteroatoms. The van der Waals surface area contributed by atoms with Crippen molar-refractivity contribution >= 4 is 65.2 Å². The molecule has 7 amide bonds. The number of nitrogens with one attached hydrogen (secondary N) is 6. The number of carbonyl (C=O) groups excluding carboxylic acids is 7. The minimum Gasteiger partial charge on any atom is -0.481 e. The number of hydrogen-bond donors (Lipinski definition) is 12. The number of carboxylic acid groups (broad SMARTS) is 4. The molecular weight excluding hydrogens is 736 g/mol. The van der Waals surface area contributed by atoms with Crippen LogP contribution >= 0.6 is 0 Å². The van der Waals surface area contributed by atoms with Crippen molar-refractivity contribution in [1.82, 2.24) is 31.9 Å². The maximum absolute atomic E-state index is 13.5. The van der Waals surface area contributed by atoms with Crippen LogP contribution in [-0.2, 0) is 52.7 Å². The third-order valence-corrected chi connectivity index (χ3v) is 7.66. The second-order valence-corrected chi connectivity index (χ2v) is 13.4. The van der Waals surface area contributed by atoms with Crippen molar-refractivity contribution in [3.63, 3.8) is 0 Å². The smallest absolute Gasteiger partial charge is 0.326 e. The molecular formula is C32H52N8O15. The Morgan fingerprint density at radius 3 is 1.44 bits per heavy atom. The van der Waals surface area contributed by atoms with E-state index in [1.807, 2.05) is 0 Å². The van der Waals surface area contributed by atoms with E-state index in [1.165, 1.54) is 13.8 Å². The van der Waals surface area contributed by atoms with Crippen LogP contribution in [0.15, 0.2) is 0 Å². The zero-order valence-corrected chi connectivity index (χ0v) is 31.1. The van der Waals surface area contributed by atoms with E-state index in [9.17, 15) is 63.0 Å². The van der Waals surface area contributed by atoms with Crippen molar-refractivity contribution < 1.29 is 73.2 Å². The van der Waals surface area contributed by atoms with Gasteiger partial charge in [-0.05, 0) is 38.0 Å². The quantitative estimate of drug-likeness (QED) is 0.0399. The number of aliphatic carboxylic acids is 4. The molecule has 0 unspecified atom stereocenters. The van der Waals surface area contributed by atoms with Crippen molar-refractivity contribution in [2.75, 3.05) is 0 Å². The summed E-state index contributed by atoms with van der Waals surface area (Å²) in [5.41, 5.74) is 11.0. The molecule has 14 N–H and O–H groups in total. The lowest BCUT2D eigenvalue weighted by Gasteiger charge is -2.28. The molecule has 0 saturated carbocycles. The molecule has 310 valence electrons. The van der Waals surface area contributed by atoms with Crippen molar-refractivity contribution in [3.05, 3.63) is 0 Å². The Morgan fingerprint density at radius 2 is 0.964 bits per heavy atom. The Labute approximate surface area is 315 Å². The largest absolute Gasteiger partial charge is 0.481 e. The summed E-state index contributed by atoms with van der Waals surface area (Å²) in [6.45, 7) is 7.47. The lowest BCUT2D eigenvalue weighted by molar-refractivity contribution is -0.144. The van der Waals surface area contributed by atoms with Crippen LogP contribution in [0.2, 0.25) is 0 Å². The van der Waals surface area contributed by atoms with Gasteiger partial charge in [0.05, 0.1) is 18.9 Å². The van der Waals surface area contributed by atoms with Crippen LogP contribution in [0.1, 0.15) is 79.6 Å². The van der Waals surface area contributed by atoms with Gasteiger partial charge in [0.2, 0.25) is 41.4 Å². The first-order chi connectivity index (χ1) is 25.3. The zero-order chi connectivity index (χ0) is 42.7. The summed E-state index contributed by atoms with van der Waals surface area (Å²) in [6, 6.07) is -10.8. The Hall–Kier alpha value is -5.87. The highest BCUT2D eigenvalue weighted by Crippen LogP contribution is 2.10. The van der Waals surface area contributed by atoms with E-state index in [4.69, 9.17) is 21.7 Å². The Morgan fingerprint density at radius 1 is 0.509 bits per heavy atom. The standard InChI is InChI=1S/C32H52N8O15/c1-13(2)10-18(29(51)38-20(12-24(46)47)28(50)35-15(5)26(48)36-17(32(54)55)7-9-23(44)45)37-30(52)19(11-21(34)41)39-31(53)25(14(3)4)40-27(49)16(33)6-8-22(42)43/h13-20,25H,6-12,33H2,1-5H3,(H2,34,41)(H,35,50)(H,36,48)(H,37,52)(H,38,51)(H,39,53)(H,40,49)(H,42,43)(H,44,45)(H,46,47)(H,54,55)/t15-,16-,17-,18-,19-,20-,25-/m0/s1. The van der Waals surface area contributed by atoms with Crippen molar-refractivity contribution in [1.29, 1.82) is 0 Å². The van der Waals surface area contributed by atoms with Crippen LogP contribution in [0.3, 0.4) is 0 Å². The van der Waals surface area contributed by atoms with Crippen molar-refractivity contribution in [2.24, 2.45) is 23.3 Å². The number of primary amides is 1. The molecule has 0 saturated heterocycles. The number of rotatable bonds is 26. The van der Waals surface area contributed by atoms with Crippen LogP contribution in [-0.4, -0.2) is 128 Å². The molecule has 0 fully saturated rings. The summed E-state index contributed by atoms with van der Waals surface area (Å²) in [5.74, 6) is -14.0. The molecule has 0 rings (SSSR count). The van der Waals surface area contributed by atoms with E-state index >= 15 is 0 Å². The van der Waals surface area contributed by atoms with E-state index in [1.54, 1.807) is 13.8 Å². The second kappa shape index (κ2) is 23.7. The molecule has 0 heterocycles. The van der Waals surface area contributed by atoms with Gasteiger partial charge in [-0.25, -0.2) is 4.79 Å². The molecule has 55 heavy (non-hydrogen) atoms. The average Bonchev–Trinajstić information content (AvgIpc) is 3.05. The summed E-state index contributed by atoms with van der Waals surface area (Å²) >= 11 is 0. The lowest BCUT2D eigenvalue weighted by Crippen LogP contribution is -2.60. The van der Waals surface area contributed by atoms with E-state index in [-0.39, 0.29) is 18.8 Å². The molecule has 0 bridgehead atoms. The van der Waals surface area contributed by atoms with Gasteiger partial charge < -0.3 is 63.8 Å². The van der Waals surface area contributed by atoms with Gasteiger partial charge in [-0.1, -0.05) is 27.7 Å². The van der Waals surface area contributed by atoms with Crippen LogP contribution in [0.25, 0.3) is 0 Å². The first kappa shape index (κ1) is 49.1. The predicted molar refractivity (Wildman–Crippen MR) is 187 cm³/mol. The third-order valence-electron chi connectivity index (χ3n) is 7.66. The highest BCUT2D eigenvalue weighted by atomic mass is 16.4. The number of carbonyl (C=O) groups is 11. The minimum absolute atomic E-state index is 0.124. The molecule has 0 aliphatic rings. The number of nitrogens with two attached hydrogens (primary N) is 2. The van der Waals surface area contributed by atoms with Crippen molar-refractivity contribution in [2.45, 2.75) is 122 Å². The van der Waals surface area contributed by atoms with Gasteiger partial charge in [0, 0.05) is 12.8 Å². The zero-order valence-electron chi connectivity index (χ0n) is 31.1. The Bertz CT molecular complexity index is 1450. The molecule has 0 radical (unpaired) electrons. The molecule has 0 aromatic carbocycles. The van der Waals surface area contributed by atoms with Gasteiger partial charge in [-0.2, -0.15) is 0 Å². The number of amides is 7. The van der Waals surface area contributed by atoms with Crippen LogP contribution in [0, 0.1) is 11.8 Å². The third kappa shape index (κ3) is 19.7. The minimum atomic E-state index is -1.85. The summed E-state index contributed by atoms with van der Waals surface area (Å²) in [4.78, 5) is 135. The topological polar surface area (TPSA) is 393 Å². The summed E-state index contributed by atoms with van der Waals surface area (Å²) < 4.78 is 0. The van der Waals surface area contributed by atoms with Crippen LogP contribution in [0.5, 0.6) is 0 Å². The van der Waals surface area contributed by atoms with E-state index in [2.05, 4.69) is 31.9 Å². The van der Waals surface area contributed by atoms with E-state index in [0.29, 0.717) is 0 Å². The maximum Gasteiger partial charge on any atom is 0.326 e.